The average molecular weight is 286 g/mol. The monoisotopic (exact) mass is 285 g/mol. The zero-order chi connectivity index (χ0) is 10.5. The number of hydrogen-bond donors (Lipinski definition) is 1. The minimum atomic E-state index is 0.755. The van der Waals surface area contributed by atoms with Gasteiger partial charge < -0.3 is 5.32 Å². The molecule has 2 rings (SSSR count). The first kappa shape index (κ1) is 11.5. The van der Waals surface area contributed by atoms with E-state index in [1.165, 1.54) is 30.7 Å². The van der Waals surface area contributed by atoms with E-state index >= 15 is 0 Å². The van der Waals surface area contributed by atoms with Crippen molar-refractivity contribution in [2.75, 3.05) is 12.3 Å². The molecule has 1 saturated heterocycles. The normalized spacial score (nSPS) is 20.7. The van der Waals surface area contributed by atoms with E-state index in [9.17, 15) is 0 Å². The van der Waals surface area contributed by atoms with E-state index in [1.54, 1.807) is 0 Å². The quantitative estimate of drug-likeness (QED) is 0.910. The maximum atomic E-state index is 3.52. The Balaban J connectivity index is 1.71. The Hall–Kier alpha value is 0.01000. The van der Waals surface area contributed by atoms with E-state index < -0.39 is 0 Å². The maximum absolute atomic E-state index is 3.52. The zero-order valence-corrected chi connectivity index (χ0v) is 11.1. The molecule has 1 aliphatic rings. The summed E-state index contributed by atoms with van der Waals surface area (Å²) in [5.41, 5.74) is 1.42. The molecular weight excluding hydrogens is 270 g/mol. The molecule has 1 aliphatic heterocycles. The number of benzene rings is 1. The molecule has 1 fully saturated rings. The van der Waals surface area contributed by atoms with Crippen LogP contribution in [-0.4, -0.2) is 18.3 Å². The molecule has 0 aromatic heterocycles. The van der Waals surface area contributed by atoms with Gasteiger partial charge in [-0.3, -0.25) is 0 Å². The maximum Gasteiger partial charge on any atom is 0.0185 e. The van der Waals surface area contributed by atoms with Gasteiger partial charge in [-0.2, -0.15) is 11.8 Å². The molecule has 0 bridgehead atoms. The molecule has 1 heterocycles. The van der Waals surface area contributed by atoms with Gasteiger partial charge in [0.1, 0.15) is 0 Å². The summed E-state index contributed by atoms with van der Waals surface area (Å²) < 4.78 is 1.16. The van der Waals surface area contributed by atoms with E-state index in [4.69, 9.17) is 0 Å². The van der Waals surface area contributed by atoms with Crippen molar-refractivity contribution < 1.29 is 0 Å². The Morgan fingerprint density at radius 1 is 1.33 bits per heavy atom. The molecule has 0 aliphatic carbocycles. The first-order valence-corrected chi connectivity index (χ1v) is 7.35. The Bertz CT molecular complexity index is 293. The van der Waals surface area contributed by atoms with Crippen molar-refractivity contribution in [1.29, 1.82) is 0 Å². The van der Waals surface area contributed by atoms with Crippen LogP contribution in [0.1, 0.15) is 18.4 Å². The third-order valence-corrected chi connectivity index (χ3v) is 4.37. The Labute approximate surface area is 104 Å². The SMILES string of the molecule is Brc1ccc(CSCC2CCCN2)cc1. The second kappa shape index (κ2) is 5.92. The van der Waals surface area contributed by atoms with Crippen LogP contribution >= 0.6 is 27.7 Å². The standard InChI is InChI=1S/C12H16BrNS/c13-11-5-3-10(4-6-11)8-15-9-12-2-1-7-14-12/h3-6,12,14H,1-2,7-9H2. The lowest BCUT2D eigenvalue weighted by Crippen LogP contribution is -2.23. The van der Waals surface area contributed by atoms with Gasteiger partial charge in [0.2, 0.25) is 0 Å². The summed E-state index contributed by atoms with van der Waals surface area (Å²) in [5, 5.41) is 3.52. The molecular formula is C12H16BrNS. The highest BCUT2D eigenvalue weighted by atomic mass is 79.9. The van der Waals surface area contributed by atoms with Gasteiger partial charge in [-0.25, -0.2) is 0 Å². The van der Waals surface area contributed by atoms with Crippen molar-refractivity contribution in [3.63, 3.8) is 0 Å². The molecule has 1 aromatic carbocycles. The van der Waals surface area contributed by atoms with Gasteiger partial charge in [-0.05, 0) is 37.1 Å². The molecule has 1 nitrogen and oxygen atoms in total. The van der Waals surface area contributed by atoms with Gasteiger partial charge in [0.05, 0.1) is 0 Å². The van der Waals surface area contributed by atoms with E-state index in [0.29, 0.717) is 0 Å². The molecule has 0 saturated carbocycles. The molecule has 82 valence electrons. The number of halogens is 1. The van der Waals surface area contributed by atoms with Crippen molar-refractivity contribution in [3.05, 3.63) is 34.3 Å². The Morgan fingerprint density at radius 2 is 2.13 bits per heavy atom. The lowest BCUT2D eigenvalue weighted by atomic mass is 10.2. The summed E-state index contributed by atoms with van der Waals surface area (Å²) in [4.78, 5) is 0. The van der Waals surface area contributed by atoms with Crippen molar-refractivity contribution in [2.45, 2.75) is 24.6 Å². The Morgan fingerprint density at radius 3 is 2.80 bits per heavy atom. The van der Waals surface area contributed by atoms with Crippen LogP contribution in [0.3, 0.4) is 0 Å². The summed E-state index contributed by atoms with van der Waals surface area (Å²) >= 11 is 5.48. The van der Waals surface area contributed by atoms with Gasteiger partial charge in [0, 0.05) is 22.0 Å². The molecule has 15 heavy (non-hydrogen) atoms. The topological polar surface area (TPSA) is 12.0 Å². The highest BCUT2D eigenvalue weighted by Crippen LogP contribution is 2.18. The molecule has 0 radical (unpaired) electrons. The van der Waals surface area contributed by atoms with Crippen LogP contribution in [-0.2, 0) is 5.75 Å². The summed E-state index contributed by atoms with van der Waals surface area (Å²) in [6, 6.07) is 9.37. The average Bonchev–Trinajstić information content (AvgIpc) is 2.74. The van der Waals surface area contributed by atoms with Crippen LogP contribution in [0.2, 0.25) is 0 Å². The predicted octanol–water partition coefficient (Wildman–Crippen LogP) is 3.43. The molecule has 1 N–H and O–H groups in total. The van der Waals surface area contributed by atoms with Gasteiger partial charge >= 0.3 is 0 Å². The minimum Gasteiger partial charge on any atom is -0.313 e. The molecule has 1 atom stereocenters. The van der Waals surface area contributed by atoms with Crippen molar-refractivity contribution in [2.24, 2.45) is 0 Å². The van der Waals surface area contributed by atoms with E-state index in [2.05, 4.69) is 45.5 Å². The van der Waals surface area contributed by atoms with Crippen LogP contribution in [0.5, 0.6) is 0 Å². The fourth-order valence-corrected chi connectivity index (χ4v) is 3.18. The van der Waals surface area contributed by atoms with Crippen LogP contribution in [0.4, 0.5) is 0 Å². The summed E-state index contributed by atoms with van der Waals surface area (Å²) in [5.74, 6) is 2.38. The van der Waals surface area contributed by atoms with Crippen molar-refractivity contribution in [3.8, 4) is 0 Å². The third kappa shape index (κ3) is 3.82. The lowest BCUT2D eigenvalue weighted by Gasteiger charge is -2.09. The molecule has 1 aromatic rings. The highest BCUT2D eigenvalue weighted by Gasteiger charge is 2.13. The fourth-order valence-electron chi connectivity index (χ4n) is 1.80. The molecule has 0 amide bonds. The Kier molecular flexibility index (Phi) is 4.54. The second-order valence-corrected chi connectivity index (χ2v) is 5.88. The third-order valence-electron chi connectivity index (χ3n) is 2.66. The fraction of sp³-hybridized carbons (Fsp3) is 0.500. The summed E-state index contributed by atoms with van der Waals surface area (Å²) in [6.45, 7) is 1.21. The number of thioether (sulfide) groups is 1. The van der Waals surface area contributed by atoms with Crippen LogP contribution in [0.15, 0.2) is 28.7 Å². The van der Waals surface area contributed by atoms with Crippen molar-refractivity contribution >= 4 is 27.7 Å². The van der Waals surface area contributed by atoms with Gasteiger partial charge in [0.15, 0.2) is 0 Å². The number of rotatable bonds is 4. The van der Waals surface area contributed by atoms with Gasteiger partial charge in [0.25, 0.3) is 0 Å². The van der Waals surface area contributed by atoms with Gasteiger partial charge in [-0.15, -0.1) is 0 Å². The lowest BCUT2D eigenvalue weighted by molar-refractivity contribution is 0.674. The van der Waals surface area contributed by atoms with Crippen LogP contribution in [0, 0.1) is 0 Å². The number of nitrogens with one attached hydrogen (secondary N) is 1. The van der Waals surface area contributed by atoms with Crippen LogP contribution < -0.4 is 5.32 Å². The zero-order valence-electron chi connectivity index (χ0n) is 8.71. The summed E-state index contributed by atoms with van der Waals surface area (Å²) in [7, 11) is 0. The number of hydrogen-bond acceptors (Lipinski definition) is 2. The van der Waals surface area contributed by atoms with Crippen molar-refractivity contribution in [1.82, 2.24) is 5.32 Å². The van der Waals surface area contributed by atoms with E-state index in [0.717, 1.165) is 16.3 Å². The molecule has 3 heteroatoms. The van der Waals surface area contributed by atoms with E-state index in [1.807, 2.05) is 11.8 Å². The van der Waals surface area contributed by atoms with Gasteiger partial charge in [-0.1, -0.05) is 28.1 Å². The predicted molar refractivity (Wildman–Crippen MR) is 71.3 cm³/mol. The molecule has 0 spiro atoms. The summed E-state index contributed by atoms with van der Waals surface area (Å²) in [6.07, 6.45) is 2.71. The second-order valence-electron chi connectivity index (χ2n) is 3.93. The largest absolute Gasteiger partial charge is 0.313 e. The first-order valence-electron chi connectivity index (χ1n) is 5.40. The molecule has 1 unspecified atom stereocenters. The minimum absolute atomic E-state index is 0.755. The smallest absolute Gasteiger partial charge is 0.0185 e. The first-order chi connectivity index (χ1) is 7.34. The van der Waals surface area contributed by atoms with E-state index in [-0.39, 0.29) is 0 Å². The highest BCUT2D eigenvalue weighted by molar-refractivity contribution is 9.10. The van der Waals surface area contributed by atoms with Crippen LogP contribution in [0.25, 0.3) is 0 Å².